The number of fused-ring (bicyclic) bond motifs is 1. The first kappa shape index (κ1) is 14.1. The first-order chi connectivity index (χ1) is 10.1. The average molecular weight is 308 g/mol. The van der Waals surface area contributed by atoms with Crippen molar-refractivity contribution in [1.82, 2.24) is 9.97 Å². The van der Waals surface area contributed by atoms with Crippen LogP contribution in [0.3, 0.4) is 0 Å². The van der Waals surface area contributed by atoms with E-state index in [2.05, 4.69) is 15.3 Å². The van der Waals surface area contributed by atoms with Crippen molar-refractivity contribution in [2.75, 3.05) is 5.32 Å². The van der Waals surface area contributed by atoms with E-state index in [1.807, 2.05) is 0 Å². The number of nitrogens with zero attached hydrogens (tertiary/aromatic N) is 1. The molecule has 0 radical (unpaired) electrons. The Bertz CT molecular complexity index is 729. The van der Waals surface area contributed by atoms with E-state index >= 15 is 0 Å². The summed E-state index contributed by atoms with van der Waals surface area (Å²) in [4.78, 5) is 19.2. The molecule has 2 aromatic rings. The Labute approximate surface area is 126 Å². The Morgan fingerprint density at radius 2 is 2.14 bits per heavy atom. The molecule has 0 aliphatic heterocycles. The number of aromatic nitrogens is 2. The Morgan fingerprint density at radius 1 is 1.33 bits per heavy atom. The molecule has 2 N–H and O–H groups in total. The first-order valence-electron chi connectivity index (χ1n) is 6.93. The van der Waals surface area contributed by atoms with E-state index in [1.165, 1.54) is 6.07 Å². The van der Waals surface area contributed by atoms with E-state index in [1.54, 1.807) is 12.1 Å². The number of aromatic amines is 1. The number of halogens is 2. The van der Waals surface area contributed by atoms with Crippen molar-refractivity contribution in [1.29, 1.82) is 0 Å². The number of benzene rings is 1. The zero-order valence-corrected chi connectivity index (χ0v) is 12.1. The van der Waals surface area contributed by atoms with Gasteiger partial charge in [-0.15, -0.1) is 0 Å². The molecule has 1 aliphatic rings. The lowest BCUT2D eigenvalue weighted by Gasteiger charge is -2.15. The molecule has 1 aromatic heterocycles. The van der Waals surface area contributed by atoms with Gasteiger partial charge in [-0.3, -0.25) is 9.78 Å². The molecule has 1 heterocycles. The van der Waals surface area contributed by atoms with E-state index in [0.717, 1.165) is 42.5 Å². The molecule has 1 aromatic carbocycles. The molecule has 0 amide bonds. The molecular weight excluding hydrogens is 293 g/mol. The summed E-state index contributed by atoms with van der Waals surface area (Å²) in [6.45, 7) is 0.418. The van der Waals surface area contributed by atoms with Gasteiger partial charge in [0, 0.05) is 12.1 Å². The number of rotatable bonds is 3. The maximum Gasteiger partial charge on any atom is 0.255 e. The Kier molecular flexibility index (Phi) is 3.92. The minimum atomic E-state index is -0.444. The van der Waals surface area contributed by atoms with Gasteiger partial charge >= 0.3 is 0 Å². The van der Waals surface area contributed by atoms with Crippen LogP contribution < -0.4 is 10.9 Å². The molecule has 0 unspecified atom stereocenters. The van der Waals surface area contributed by atoms with Crippen LogP contribution in [0.2, 0.25) is 5.02 Å². The van der Waals surface area contributed by atoms with Gasteiger partial charge in [-0.05, 0) is 43.4 Å². The van der Waals surface area contributed by atoms with Gasteiger partial charge in [-0.1, -0.05) is 17.7 Å². The van der Waals surface area contributed by atoms with Crippen LogP contribution >= 0.6 is 11.6 Å². The Hall–Kier alpha value is -1.88. The molecule has 3 rings (SSSR count). The minimum absolute atomic E-state index is 0.0701. The number of nitrogens with one attached hydrogen (secondary N) is 2. The van der Waals surface area contributed by atoms with Gasteiger partial charge in [0.1, 0.15) is 5.82 Å². The monoisotopic (exact) mass is 307 g/mol. The summed E-state index contributed by atoms with van der Waals surface area (Å²) >= 11 is 5.74. The second kappa shape index (κ2) is 5.85. The third-order valence-corrected chi connectivity index (χ3v) is 3.93. The number of H-pyrrole nitrogens is 1. The van der Waals surface area contributed by atoms with Gasteiger partial charge in [-0.2, -0.15) is 0 Å². The zero-order valence-electron chi connectivity index (χ0n) is 11.4. The number of aryl methyl sites for hydroxylation is 1. The SMILES string of the molecule is O=c1[nH]c(NCc2ccc(F)c(Cl)c2)nc2c1CCCC2. The van der Waals surface area contributed by atoms with Gasteiger partial charge in [0.2, 0.25) is 5.95 Å². The Balaban J connectivity index is 1.77. The summed E-state index contributed by atoms with van der Waals surface area (Å²) < 4.78 is 13.1. The van der Waals surface area contributed by atoms with E-state index in [-0.39, 0.29) is 10.6 Å². The fraction of sp³-hybridized carbons (Fsp3) is 0.333. The van der Waals surface area contributed by atoms with Crippen LogP contribution in [0.4, 0.5) is 10.3 Å². The van der Waals surface area contributed by atoms with Crippen LogP contribution in [0.15, 0.2) is 23.0 Å². The number of anilines is 1. The first-order valence-corrected chi connectivity index (χ1v) is 7.31. The van der Waals surface area contributed by atoms with Crippen molar-refractivity contribution in [3.8, 4) is 0 Å². The molecule has 0 saturated carbocycles. The van der Waals surface area contributed by atoms with Gasteiger partial charge in [0.15, 0.2) is 0 Å². The average Bonchev–Trinajstić information content (AvgIpc) is 2.49. The molecule has 110 valence electrons. The number of hydrogen-bond donors (Lipinski definition) is 2. The molecule has 0 fully saturated rings. The van der Waals surface area contributed by atoms with Crippen molar-refractivity contribution in [3.05, 3.63) is 56.2 Å². The van der Waals surface area contributed by atoms with Crippen LogP contribution in [0.1, 0.15) is 29.7 Å². The fourth-order valence-electron chi connectivity index (χ4n) is 2.52. The molecule has 0 spiro atoms. The molecule has 0 atom stereocenters. The second-order valence-corrected chi connectivity index (χ2v) is 5.56. The predicted molar refractivity (Wildman–Crippen MR) is 80.2 cm³/mol. The molecule has 6 heteroatoms. The molecule has 0 bridgehead atoms. The highest BCUT2D eigenvalue weighted by molar-refractivity contribution is 6.30. The molecule has 0 saturated heterocycles. The third kappa shape index (κ3) is 3.08. The molecule has 1 aliphatic carbocycles. The van der Waals surface area contributed by atoms with E-state index in [4.69, 9.17) is 11.6 Å². The predicted octanol–water partition coefficient (Wildman–Crippen LogP) is 3.05. The van der Waals surface area contributed by atoms with E-state index in [9.17, 15) is 9.18 Å². The van der Waals surface area contributed by atoms with Gasteiger partial charge in [-0.25, -0.2) is 9.37 Å². The van der Waals surface area contributed by atoms with Crippen LogP contribution in [-0.2, 0) is 19.4 Å². The number of hydrogen-bond acceptors (Lipinski definition) is 3. The lowest BCUT2D eigenvalue weighted by atomic mass is 9.97. The van der Waals surface area contributed by atoms with Crippen molar-refractivity contribution in [2.24, 2.45) is 0 Å². The van der Waals surface area contributed by atoms with Crippen LogP contribution in [0, 0.1) is 5.82 Å². The van der Waals surface area contributed by atoms with Crippen LogP contribution in [-0.4, -0.2) is 9.97 Å². The smallest absolute Gasteiger partial charge is 0.255 e. The Morgan fingerprint density at radius 3 is 2.95 bits per heavy atom. The van der Waals surface area contributed by atoms with Crippen molar-refractivity contribution >= 4 is 17.5 Å². The highest BCUT2D eigenvalue weighted by Gasteiger charge is 2.15. The lowest BCUT2D eigenvalue weighted by molar-refractivity contribution is 0.627. The van der Waals surface area contributed by atoms with Crippen LogP contribution in [0.5, 0.6) is 0 Å². The normalized spacial score (nSPS) is 13.8. The highest BCUT2D eigenvalue weighted by atomic mass is 35.5. The van der Waals surface area contributed by atoms with Crippen molar-refractivity contribution in [2.45, 2.75) is 32.2 Å². The summed E-state index contributed by atoms with van der Waals surface area (Å²) in [6.07, 6.45) is 3.75. The summed E-state index contributed by atoms with van der Waals surface area (Å²) in [5, 5.41) is 3.14. The third-order valence-electron chi connectivity index (χ3n) is 3.64. The van der Waals surface area contributed by atoms with Crippen molar-refractivity contribution < 1.29 is 4.39 Å². The fourth-order valence-corrected chi connectivity index (χ4v) is 2.73. The minimum Gasteiger partial charge on any atom is -0.352 e. The van der Waals surface area contributed by atoms with E-state index < -0.39 is 5.82 Å². The van der Waals surface area contributed by atoms with Gasteiger partial charge < -0.3 is 5.32 Å². The zero-order chi connectivity index (χ0) is 14.8. The second-order valence-electron chi connectivity index (χ2n) is 5.15. The van der Waals surface area contributed by atoms with Gasteiger partial charge in [0.25, 0.3) is 5.56 Å². The molecule has 21 heavy (non-hydrogen) atoms. The molecule has 4 nitrogen and oxygen atoms in total. The molecular formula is C15H15ClFN3O. The summed E-state index contributed by atoms with van der Waals surface area (Å²) in [5.41, 5.74) is 2.43. The van der Waals surface area contributed by atoms with Crippen molar-refractivity contribution in [3.63, 3.8) is 0 Å². The van der Waals surface area contributed by atoms with E-state index in [0.29, 0.717) is 12.5 Å². The maximum atomic E-state index is 13.1. The highest BCUT2D eigenvalue weighted by Crippen LogP contribution is 2.18. The summed E-state index contributed by atoms with van der Waals surface area (Å²) in [6, 6.07) is 4.52. The van der Waals surface area contributed by atoms with Crippen LogP contribution in [0.25, 0.3) is 0 Å². The largest absolute Gasteiger partial charge is 0.352 e. The maximum absolute atomic E-state index is 13.1. The standard InChI is InChI=1S/C15H15ClFN3O/c16-11-7-9(5-6-12(11)17)8-18-15-19-13-4-2-1-3-10(13)14(21)20-15/h5-7H,1-4,8H2,(H2,18,19,20,21). The summed E-state index contributed by atoms with van der Waals surface area (Å²) in [5.74, 6) is 0.00169. The summed E-state index contributed by atoms with van der Waals surface area (Å²) in [7, 11) is 0. The lowest BCUT2D eigenvalue weighted by Crippen LogP contribution is -2.22. The van der Waals surface area contributed by atoms with Gasteiger partial charge in [0.05, 0.1) is 10.7 Å². The topological polar surface area (TPSA) is 57.8 Å². The quantitative estimate of drug-likeness (QED) is 0.916.